The maximum absolute atomic E-state index is 12.5. The molecule has 2 amide bonds. The number of carboxylic acids is 1. The Balaban J connectivity index is 0.000000198. The number of rotatable bonds is 10. The molecule has 10 heteroatoms. The number of carboxylic acid groups (broad SMARTS) is 1. The third-order valence-electron chi connectivity index (χ3n) is 8.90. The first-order chi connectivity index (χ1) is 24.8. The van der Waals surface area contributed by atoms with Crippen molar-refractivity contribution in [1.82, 2.24) is 0 Å². The van der Waals surface area contributed by atoms with Crippen LogP contribution in [0.5, 0.6) is 11.5 Å². The second-order valence-electron chi connectivity index (χ2n) is 12.6. The van der Waals surface area contributed by atoms with E-state index in [2.05, 4.69) is 10.6 Å². The molecule has 2 aliphatic rings. The Kier molecular flexibility index (Phi) is 13.2. The van der Waals surface area contributed by atoms with Gasteiger partial charge in [0.15, 0.2) is 0 Å². The van der Waals surface area contributed by atoms with Crippen LogP contribution in [0, 0.1) is 0 Å². The van der Waals surface area contributed by atoms with Crippen molar-refractivity contribution >= 4 is 35.1 Å². The fourth-order valence-electron chi connectivity index (χ4n) is 6.19. The van der Waals surface area contributed by atoms with Gasteiger partial charge >= 0.3 is 11.9 Å². The fourth-order valence-corrected chi connectivity index (χ4v) is 6.19. The molecular weight excluding hydrogens is 648 g/mol. The molecule has 10 nitrogen and oxygen atoms in total. The van der Waals surface area contributed by atoms with Crippen LogP contribution in [0.25, 0.3) is 0 Å². The lowest BCUT2D eigenvalue weighted by atomic mass is 9.98. The minimum absolute atomic E-state index is 0.0419. The van der Waals surface area contributed by atoms with Gasteiger partial charge in [-0.25, -0.2) is 9.59 Å². The number of carbonyl (C=O) groups is 4. The van der Waals surface area contributed by atoms with Crippen molar-refractivity contribution in [2.75, 3.05) is 17.7 Å². The van der Waals surface area contributed by atoms with E-state index in [1.165, 1.54) is 38.9 Å². The summed E-state index contributed by atoms with van der Waals surface area (Å²) < 4.78 is 16.8. The third-order valence-corrected chi connectivity index (χ3v) is 8.90. The van der Waals surface area contributed by atoms with Crippen molar-refractivity contribution in [3.05, 3.63) is 119 Å². The molecule has 0 radical (unpaired) electrons. The molecule has 0 aromatic heterocycles. The summed E-state index contributed by atoms with van der Waals surface area (Å²) in [4.78, 5) is 48.3. The summed E-state index contributed by atoms with van der Waals surface area (Å²) in [6.07, 6.45) is 11.5. The van der Waals surface area contributed by atoms with Crippen molar-refractivity contribution in [2.24, 2.45) is 0 Å². The topological polar surface area (TPSA) is 140 Å². The molecule has 4 aromatic carbocycles. The van der Waals surface area contributed by atoms with Gasteiger partial charge in [-0.1, -0.05) is 49.2 Å². The van der Waals surface area contributed by atoms with E-state index < -0.39 is 11.9 Å². The average molecular weight is 693 g/mol. The summed E-state index contributed by atoms with van der Waals surface area (Å²) >= 11 is 0. The zero-order valence-electron chi connectivity index (χ0n) is 28.8. The normalized spacial score (nSPS) is 14.6. The number of amides is 2. The molecule has 266 valence electrons. The number of hydrogen-bond donors (Lipinski definition) is 3. The Morgan fingerprint density at radius 1 is 0.569 bits per heavy atom. The molecule has 2 saturated carbocycles. The molecule has 0 unspecified atom stereocenters. The third kappa shape index (κ3) is 10.7. The van der Waals surface area contributed by atoms with E-state index in [0.717, 1.165) is 38.5 Å². The van der Waals surface area contributed by atoms with Crippen molar-refractivity contribution < 1.29 is 38.5 Å². The first-order valence-electron chi connectivity index (χ1n) is 17.5. The zero-order chi connectivity index (χ0) is 36.0. The maximum atomic E-state index is 12.5. The van der Waals surface area contributed by atoms with Gasteiger partial charge in [0.25, 0.3) is 11.8 Å². The summed E-state index contributed by atoms with van der Waals surface area (Å²) in [6, 6.07) is 27.3. The van der Waals surface area contributed by atoms with Gasteiger partial charge in [0.1, 0.15) is 11.5 Å². The van der Waals surface area contributed by atoms with E-state index in [9.17, 15) is 24.3 Å². The molecule has 51 heavy (non-hydrogen) atoms. The molecule has 0 heterocycles. The quantitative estimate of drug-likeness (QED) is 0.140. The van der Waals surface area contributed by atoms with E-state index >= 15 is 0 Å². The summed E-state index contributed by atoms with van der Waals surface area (Å²) in [6.45, 7) is 0. The molecule has 0 aliphatic heterocycles. The van der Waals surface area contributed by atoms with Gasteiger partial charge in [0.05, 0.1) is 41.8 Å². The Hall–Kier alpha value is -5.64. The summed E-state index contributed by atoms with van der Waals surface area (Å²) in [5.74, 6) is -0.998. The highest BCUT2D eigenvalue weighted by Crippen LogP contribution is 2.30. The molecule has 0 atom stereocenters. The van der Waals surface area contributed by atoms with Crippen molar-refractivity contribution in [3.63, 3.8) is 0 Å². The Morgan fingerprint density at radius 3 is 1.39 bits per heavy atom. The monoisotopic (exact) mass is 692 g/mol. The fraction of sp³-hybridized carbons (Fsp3) is 0.317. The second kappa shape index (κ2) is 18.4. The minimum atomic E-state index is -1.09. The second-order valence-corrected chi connectivity index (χ2v) is 12.6. The highest BCUT2D eigenvalue weighted by atomic mass is 16.5. The van der Waals surface area contributed by atoms with Crippen LogP contribution in [0.3, 0.4) is 0 Å². The lowest BCUT2D eigenvalue weighted by molar-refractivity contribution is 0.0600. The van der Waals surface area contributed by atoms with Crippen LogP contribution in [0.1, 0.15) is 106 Å². The number of benzene rings is 4. The number of nitrogens with one attached hydrogen (secondary N) is 2. The minimum Gasteiger partial charge on any atom is -0.490 e. The summed E-state index contributed by atoms with van der Waals surface area (Å²) in [7, 11) is 1.32. The number of aromatic carboxylic acids is 1. The van der Waals surface area contributed by atoms with Crippen LogP contribution in [0.4, 0.5) is 11.4 Å². The average Bonchev–Trinajstić information content (AvgIpc) is 3.16. The molecule has 0 bridgehead atoms. The van der Waals surface area contributed by atoms with E-state index in [4.69, 9.17) is 14.2 Å². The van der Waals surface area contributed by atoms with Gasteiger partial charge in [-0.2, -0.15) is 0 Å². The zero-order valence-corrected chi connectivity index (χ0v) is 28.8. The number of ether oxygens (including phenoxy) is 3. The number of carbonyl (C=O) groups excluding carboxylic acids is 3. The molecular formula is C41H44N2O8. The highest BCUT2D eigenvalue weighted by Gasteiger charge is 2.20. The Labute approximate surface area is 298 Å². The Bertz CT molecular complexity index is 1780. The molecule has 2 fully saturated rings. The first kappa shape index (κ1) is 36.6. The first-order valence-corrected chi connectivity index (χ1v) is 17.5. The highest BCUT2D eigenvalue weighted by molar-refractivity contribution is 6.09. The van der Waals surface area contributed by atoms with Gasteiger partial charge in [0, 0.05) is 23.3 Å². The lowest BCUT2D eigenvalue weighted by Crippen LogP contribution is -2.20. The SMILES string of the molecule is COC(=O)c1ccc(OC2CCCCC2)cc1NC(=O)c1ccccc1.O=C(Nc1cc(OC2CCCCC2)ccc1C(=O)O)c1ccccc1. The van der Waals surface area contributed by atoms with E-state index in [1.807, 2.05) is 12.1 Å². The predicted molar refractivity (Wildman–Crippen MR) is 195 cm³/mol. The molecule has 0 saturated heterocycles. The number of anilines is 2. The standard InChI is InChI=1S/C21H23NO4.C20H21NO4/c1-25-21(24)18-13-12-17(26-16-10-6-3-7-11-16)14-19(18)22-20(23)15-8-4-2-5-9-15;22-19(14-7-3-1-4-8-14)21-18-13-16(11-12-17(18)20(23)24)25-15-9-5-2-6-10-15/h2,4-5,8-9,12-14,16H,3,6-7,10-11H2,1H3,(H,22,23);1,3-4,7-8,11-13,15H,2,5-6,9-10H2,(H,21,22)(H,23,24). The van der Waals surface area contributed by atoms with Crippen LogP contribution < -0.4 is 20.1 Å². The molecule has 0 spiro atoms. The van der Waals surface area contributed by atoms with E-state index in [1.54, 1.807) is 78.9 Å². The Morgan fingerprint density at radius 2 is 0.980 bits per heavy atom. The van der Waals surface area contributed by atoms with Crippen molar-refractivity contribution in [3.8, 4) is 11.5 Å². The van der Waals surface area contributed by atoms with Gasteiger partial charge in [-0.05, 0) is 99.9 Å². The number of hydrogen-bond acceptors (Lipinski definition) is 7. The molecule has 4 aromatic rings. The van der Waals surface area contributed by atoms with Crippen LogP contribution in [0.15, 0.2) is 97.1 Å². The number of esters is 1. The van der Waals surface area contributed by atoms with E-state index in [-0.39, 0.29) is 35.3 Å². The molecule has 3 N–H and O–H groups in total. The van der Waals surface area contributed by atoms with Gasteiger partial charge < -0.3 is 30.0 Å². The van der Waals surface area contributed by atoms with Crippen molar-refractivity contribution in [2.45, 2.75) is 76.4 Å². The van der Waals surface area contributed by atoms with Crippen LogP contribution in [-0.4, -0.2) is 48.2 Å². The molecule has 6 rings (SSSR count). The van der Waals surface area contributed by atoms with Crippen LogP contribution in [0.2, 0.25) is 0 Å². The van der Waals surface area contributed by atoms with Crippen LogP contribution in [-0.2, 0) is 4.74 Å². The van der Waals surface area contributed by atoms with Gasteiger partial charge in [-0.3, -0.25) is 9.59 Å². The number of methoxy groups -OCH3 is 1. The maximum Gasteiger partial charge on any atom is 0.339 e. The van der Waals surface area contributed by atoms with E-state index in [0.29, 0.717) is 33.9 Å². The largest absolute Gasteiger partial charge is 0.490 e. The lowest BCUT2D eigenvalue weighted by Gasteiger charge is -2.23. The molecule has 2 aliphatic carbocycles. The van der Waals surface area contributed by atoms with Crippen molar-refractivity contribution in [1.29, 1.82) is 0 Å². The van der Waals surface area contributed by atoms with Gasteiger partial charge in [-0.15, -0.1) is 0 Å². The summed E-state index contributed by atoms with van der Waals surface area (Å²) in [5, 5.41) is 14.9. The van der Waals surface area contributed by atoms with Crippen LogP contribution >= 0.6 is 0 Å². The summed E-state index contributed by atoms with van der Waals surface area (Å²) in [5.41, 5.74) is 1.96. The van der Waals surface area contributed by atoms with Gasteiger partial charge in [0.2, 0.25) is 0 Å². The predicted octanol–water partition coefficient (Wildman–Crippen LogP) is 8.79. The smallest absolute Gasteiger partial charge is 0.339 e.